The molecule has 1 heterocycles. The third-order valence-electron chi connectivity index (χ3n) is 5.24. The molecule has 1 saturated heterocycles. The average molecular weight is 523 g/mol. The summed E-state index contributed by atoms with van der Waals surface area (Å²) in [6.07, 6.45) is 0.129. The molecule has 3 N–H and O–H groups in total. The summed E-state index contributed by atoms with van der Waals surface area (Å²) in [5.74, 6) is -0.815. The fourth-order valence-electron chi connectivity index (χ4n) is 3.56. The summed E-state index contributed by atoms with van der Waals surface area (Å²) in [6.45, 7) is 0.0974. The van der Waals surface area contributed by atoms with Crippen LogP contribution in [0.3, 0.4) is 0 Å². The third-order valence-corrected chi connectivity index (χ3v) is 5.74. The highest BCUT2D eigenvalue weighted by Crippen LogP contribution is 2.29. The highest BCUT2D eigenvalue weighted by Gasteiger charge is 2.35. The maximum atomic E-state index is 12.7. The number of nitrogens with zero attached hydrogens (tertiary/aromatic N) is 1. The van der Waals surface area contributed by atoms with E-state index in [4.69, 9.17) is 4.74 Å². The van der Waals surface area contributed by atoms with Gasteiger partial charge in [-0.05, 0) is 42.5 Å². The van der Waals surface area contributed by atoms with Crippen LogP contribution < -0.4 is 25.8 Å². The van der Waals surface area contributed by atoms with Crippen LogP contribution in [0.2, 0.25) is 0 Å². The molecule has 174 valence electrons. The van der Waals surface area contributed by atoms with Crippen LogP contribution in [0.5, 0.6) is 5.75 Å². The number of benzene rings is 3. The van der Waals surface area contributed by atoms with E-state index in [2.05, 4.69) is 32.1 Å². The fourth-order valence-corrected chi connectivity index (χ4v) is 3.92. The normalized spacial score (nSPS) is 15.0. The van der Waals surface area contributed by atoms with Gasteiger partial charge in [0.25, 0.3) is 5.91 Å². The Morgan fingerprint density at radius 3 is 2.44 bits per heavy atom. The van der Waals surface area contributed by atoms with Crippen molar-refractivity contribution in [3.8, 4) is 5.75 Å². The maximum Gasteiger partial charge on any atom is 0.262 e. The number of carbonyl (C=O) groups excluding carboxylic acids is 3. The van der Waals surface area contributed by atoms with Crippen LogP contribution in [0.25, 0.3) is 0 Å². The molecule has 34 heavy (non-hydrogen) atoms. The average Bonchev–Trinajstić information content (AvgIpc) is 3.25. The van der Waals surface area contributed by atoms with Crippen LogP contribution in [-0.4, -0.2) is 30.9 Å². The summed E-state index contributed by atoms with van der Waals surface area (Å²) in [7, 11) is 0. The Morgan fingerprint density at radius 1 is 1.00 bits per heavy atom. The fraction of sp³-hybridized carbons (Fsp3) is 0.160. The standard InChI is InChI=1S/C25H23BrN4O4/c26-18-11-12-22(34-16-23(31)27-19-7-3-1-4-8-19)21(14-18)28-29-25(33)17-13-24(32)30(15-17)20-9-5-2-6-10-20/h1-12,14,17,28H,13,15-16H2,(H,27,31)(H,29,33)/t17-/m0/s1. The van der Waals surface area contributed by atoms with Crippen LogP contribution in [0.4, 0.5) is 17.1 Å². The predicted octanol–water partition coefficient (Wildman–Crippen LogP) is 3.96. The van der Waals surface area contributed by atoms with Crippen molar-refractivity contribution in [1.82, 2.24) is 5.43 Å². The van der Waals surface area contributed by atoms with Gasteiger partial charge in [-0.25, -0.2) is 0 Å². The van der Waals surface area contributed by atoms with Gasteiger partial charge < -0.3 is 15.0 Å². The van der Waals surface area contributed by atoms with Crippen molar-refractivity contribution in [2.45, 2.75) is 6.42 Å². The van der Waals surface area contributed by atoms with Gasteiger partial charge in [-0.15, -0.1) is 0 Å². The molecule has 0 aliphatic carbocycles. The minimum atomic E-state index is -0.492. The summed E-state index contributed by atoms with van der Waals surface area (Å²) >= 11 is 3.40. The third kappa shape index (κ3) is 5.93. The number of para-hydroxylation sites is 2. The largest absolute Gasteiger partial charge is 0.482 e. The number of ether oxygens (including phenoxy) is 1. The lowest BCUT2D eigenvalue weighted by atomic mass is 10.1. The topological polar surface area (TPSA) is 99.8 Å². The van der Waals surface area contributed by atoms with E-state index in [1.807, 2.05) is 48.5 Å². The number of halogens is 1. The molecular formula is C25H23BrN4O4. The van der Waals surface area contributed by atoms with Crippen molar-refractivity contribution in [1.29, 1.82) is 0 Å². The van der Waals surface area contributed by atoms with Gasteiger partial charge in [-0.1, -0.05) is 52.3 Å². The van der Waals surface area contributed by atoms with E-state index < -0.39 is 5.92 Å². The lowest BCUT2D eigenvalue weighted by Crippen LogP contribution is -2.36. The molecule has 1 aliphatic rings. The number of nitrogens with one attached hydrogen (secondary N) is 3. The predicted molar refractivity (Wildman–Crippen MR) is 133 cm³/mol. The maximum absolute atomic E-state index is 12.7. The molecule has 3 aromatic rings. The molecule has 3 aromatic carbocycles. The first-order chi connectivity index (χ1) is 16.5. The van der Waals surface area contributed by atoms with E-state index in [0.717, 1.165) is 10.2 Å². The lowest BCUT2D eigenvalue weighted by Gasteiger charge is -2.18. The van der Waals surface area contributed by atoms with Gasteiger partial charge in [-0.2, -0.15) is 0 Å². The van der Waals surface area contributed by atoms with Gasteiger partial charge in [0.15, 0.2) is 6.61 Å². The molecule has 0 saturated carbocycles. The van der Waals surface area contributed by atoms with Crippen LogP contribution in [0.15, 0.2) is 83.3 Å². The number of rotatable bonds is 8. The zero-order chi connectivity index (χ0) is 23.9. The van der Waals surface area contributed by atoms with Crippen LogP contribution in [0, 0.1) is 5.92 Å². The Kier molecular flexibility index (Phi) is 7.44. The molecule has 0 aromatic heterocycles. The summed E-state index contributed by atoms with van der Waals surface area (Å²) in [6, 6.07) is 23.5. The monoisotopic (exact) mass is 522 g/mol. The zero-order valence-corrected chi connectivity index (χ0v) is 19.7. The van der Waals surface area contributed by atoms with Crippen LogP contribution in [-0.2, 0) is 14.4 Å². The second-order valence-corrected chi connectivity index (χ2v) is 8.61. The van der Waals surface area contributed by atoms with E-state index in [9.17, 15) is 14.4 Å². The van der Waals surface area contributed by atoms with E-state index in [1.165, 1.54) is 0 Å². The van der Waals surface area contributed by atoms with Gasteiger partial charge in [0.1, 0.15) is 5.75 Å². The molecule has 1 aliphatic heterocycles. The number of anilines is 3. The van der Waals surface area contributed by atoms with Crippen molar-refractivity contribution < 1.29 is 19.1 Å². The lowest BCUT2D eigenvalue weighted by molar-refractivity contribution is -0.125. The van der Waals surface area contributed by atoms with E-state index in [1.54, 1.807) is 35.2 Å². The number of carbonyl (C=O) groups is 3. The number of hydrazine groups is 1. The number of hydrogen-bond donors (Lipinski definition) is 3. The Labute approximate surface area is 205 Å². The quantitative estimate of drug-likeness (QED) is 0.389. The molecule has 3 amide bonds. The molecule has 9 heteroatoms. The zero-order valence-electron chi connectivity index (χ0n) is 18.2. The highest BCUT2D eigenvalue weighted by atomic mass is 79.9. The molecule has 0 spiro atoms. The van der Waals surface area contributed by atoms with Crippen LogP contribution >= 0.6 is 15.9 Å². The van der Waals surface area contributed by atoms with Crippen molar-refractivity contribution in [3.05, 3.63) is 83.3 Å². The van der Waals surface area contributed by atoms with Gasteiger partial charge in [0.2, 0.25) is 11.8 Å². The molecular weight excluding hydrogens is 500 g/mol. The van der Waals surface area contributed by atoms with Gasteiger partial charge in [0, 0.05) is 28.8 Å². The Hall–Kier alpha value is -3.85. The van der Waals surface area contributed by atoms with Gasteiger partial charge in [0.05, 0.1) is 11.6 Å². The summed E-state index contributed by atoms with van der Waals surface area (Å²) in [5.41, 5.74) is 7.43. The smallest absolute Gasteiger partial charge is 0.262 e. The van der Waals surface area contributed by atoms with E-state index in [-0.39, 0.29) is 30.7 Å². The first kappa shape index (κ1) is 23.3. The van der Waals surface area contributed by atoms with Crippen molar-refractivity contribution in [3.63, 3.8) is 0 Å². The molecule has 0 unspecified atom stereocenters. The van der Waals surface area contributed by atoms with Crippen LogP contribution in [0.1, 0.15) is 6.42 Å². The van der Waals surface area contributed by atoms with Crippen molar-refractivity contribution >= 4 is 50.7 Å². The van der Waals surface area contributed by atoms with E-state index in [0.29, 0.717) is 23.7 Å². The second kappa shape index (κ2) is 10.8. The number of amides is 3. The molecule has 4 rings (SSSR count). The molecule has 8 nitrogen and oxygen atoms in total. The highest BCUT2D eigenvalue weighted by molar-refractivity contribution is 9.10. The minimum Gasteiger partial charge on any atom is -0.482 e. The SMILES string of the molecule is O=C(COc1ccc(Br)cc1NNC(=O)[C@H]1CC(=O)N(c2ccccc2)C1)Nc1ccccc1. The minimum absolute atomic E-state index is 0.0951. The summed E-state index contributed by atoms with van der Waals surface area (Å²) < 4.78 is 6.43. The second-order valence-electron chi connectivity index (χ2n) is 7.70. The van der Waals surface area contributed by atoms with Crippen molar-refractivity contribution in [2.75, 3.05) is 28.8 Å². The van der Waals surface area contributed by atoms with Crippen molar-refractivity contribution in [2.24, 2.45) is 5.92 Å². The Bertz CT molecular complexity index is 1170. The number of hydrogen-bond acceptors (Lipinski definition) is 5. The first-order valence-electron chi connectivity index (χ1n) is 10.7. The summed E-state index contributed by atoms with van der Waals surface area (Å²) in [5, 5.41) is 2.75. The van der Waals surface area contributed by atoms with Gasteiger partial charge >= 0.3 is 0 Å². The summed E-state index contributed by atoms with van der Waals surface area (Å²) in [4.78, 5) is 39.0. The Morgan fingerprint density at radius 2 is 1.71 bits per heavy atom. The van der Waals surface area contributed by atoms with Gasteiger partial charge in [-0.3, -0.25) is 25.2 Å². The molecule has 0 bridgehead atoms. The molecule has 1 atom stereocenters. The first-order valence-corrected chi connectivity index (χ1v) is 11.5. The van der Waals surface area contributed by atoms with E-state index >= 15 is 0 Å². The molecule has 1 fully saturated rings. The Balaban J connectivity index is 1.34. The molecule has 0 radical (unpaired) electrons.